The first-order chi connectivity index (χ1) is 17.1. The lowest BCUT2D eigenvalue weighted by molar-refractivity contribution is -0.0498. The van der Waals surface area contributed by atoms with Gasteiger partial charge in [-0.3, -0.25) is 0 Å². The van der Waals surface area contributed by atoms with Crippen LogP contribution in [0.25, 0.3) is 0 Å². The molecule has 0 radical (unpaired) electrons. The van der Waals surface area contributed by atoms with Crippen molar-refractivity contribution in [1.82, 2.24) is 5.01 Å². The number of hydrogen-bond donors (Lipinski definition) is 1. The van der Waals surface area contributed by atoms with Crippen LogP contribution in [-0.2, 0) is 10.8 Å². The maximum Gasteiger partial charge on any atom is 0.475 e. The van der Waals surface area contributed by atoms with Crippen LogP contribution < -0.4 is 10.1 Å². The molecule has 12 heteroatoms. The summed E-state index contributed by atoms with van der Waals surface area (Å²) in [7, 11) is -3.18. The molecule has 0 aromatic heterocycles. The van der Waals surface area contributed by atoms with E-state index in [1.807, 2.05) is 30.3 Å². The minimum absolute atomic E-state index is 0.0203. The van der Waals surface area contributed by atoms with Crippen LogP contribution in [0, 0.1) is 0 Å². The highest BCUT2D eigenvalue weighted by Gasteiger charge is 2.38. The lowest BCUT2D eigenvalue weighted by atomic mass is 9.90. The Kier molecular flexibility index (Phi) is 7.34. The Hall–Kier alpha value is -3.80. The molecule has 1 heterocycles. The summed E-state index contributed by atoms with van der Waals surface area (Å²) in [6.45, 7) is -2.80. The standard InChI is InChI=1S/C24H18F5N3O3S/c25-22(26)35-18-10-6-16(7-11-18)21-20(15-4-2-1-3-5-15)14-32(31-21)23(33)30-17-8-12-19(13-9-17)36(34)24(27,28)29/h1-13,20,22H,14H2,(H,30,33). The molecule has 2 atom stereocenters. The fourth-order valence-electron chi connectivity index (χ4n) is 3.63. The van der Waals surface area contributed by atoms with Crippen LogP contribution in [0.3, 0.4) is 0 Å². The molecule has 6 nitrogen and oxygen atoms in total. The van der Waals surface area contributed by atoms with E-state index in [0.29, 0.717) is 11.3 Å². The molecule has 4 rings (SSSR count). The molecule has 0 spiro atoms. The van der Waals surface area contributed by atoms with E-state index >= 15 is 0 Å². The highest BCUT2D eigenvalue weighted by molar-refractivity contribution is 7.86. The lowest BCUT2D eigenvalue weighted by Crippen LogP contribution is -2.30. The highest BCUT2D eigenvalue weighted by atomic mass is 32.2. The zero-order valence-electron chi connectivity index (χ0n) is 18.3. The second-order valence-corrected chi connectivity index (χ2v) is 9.07. The summed E-state index contributed by atoms with van der Waals surface area (Å²) in [5.41, 5.74) is -2.70. The normalized spacial score (nSPS) is 16.6. The molecule has 2 unspecified atom stereocenters. The highest BCUT2D eigenvalue weighted by Crippen LogP contribution is 2.31. The third kappa shape index (κ3) is 5.88. The molecule has 0 bridgehead atoms. The Morgan fingerprint density at radius 1 is 1.00 bits per heavy atom. The summed E-state index contributed by atoms with van der Waals surface area (Å²) >= 11 is 0. The van der Waals surface area contributed by atoms with Gasteiger partial charge in [0.05, 0.1) is 12.3 Å². The van der Waals surface area contributed by atoms with Crippen molar-refractivity contribution in [3.05, 3.63) is 90.0 Å². The molecule has 0 saturated carbocycles. The van der Waals surface area contributed by atoms with E-state index in [2.05, 4.69) is 15.2 Å². The number of rotatable bonds is 6. The summed E-state index contributed by atoms with van der Waals surface area (Å²) in [4.78, 5) is 12.4. The number of nitrogens with zero attached hydrogens (tertiary/aromatic N) is 2. The fourth-order valence-corrected chi connectivity index (χ4v) is 4.28. The fraction of sp³-hybridized carbons (Fsp3) is 0.167. The third-order valence-corrected chi connectivity index (χ3v) is 6.38. The quantitative estimate of drug-likeness (QED) is 0.406. The number of hydrazone groups is 1. The number of hydrogen-bond acceptors (Lipinski definition) is 4. The number of carbonyl (C=O) groups is 1. The van der Waals surface area contributed by atoms with Gasteiger partial charge in [0.25, 0.3) is 0 Å². The van der Waals surface area contributed by atoms with Gasteiger partial charge in [0.2, 0.25) is 0 Å². The minimum atomic E-state index is -4.89. The van der Waals surface area contributed by atoms with Gasteiger partial charge in [-0.2, -0.15) is 27.1 Å². The van der Waals surface area contributed by atoms with Crippen molar-refractivity contribution in [3.8, 4) is 5.75 Å². The van der Waals surface area contributed by atoms with E-state index in [4.69, 9.17) is 0 Å². The molecule has 1 aliphatic rings. The third-order valence-electron chi connectivity index (χ3n) is 5.26. The Labute approximate surface area is 204 Å². The summed E-state index contributed by atoms with van der Waals surface area (Å²) in [6, 6.07) is 19.0. The zero-order chi connectivity index (χ0) is 25.9. The van der Waals surface area contributed by atoms with E-state index in [1.165, 1.54) is 29.3 Å². The van der Waals surface area contributed by atoms with Crippen molar-refractivity contribution in [1.29, 1.82) is 0 Å². The van der Waals surface area contributed by atoms with Crippen molar-refractivity contribution in [2.45, 2.75) is 22.9 Å². The smallest absolute Gasteiger partial charge is 0.435 e. The first-order valence-corrected chi connectivity index (χ1v) is 11.6. The lowest BCUT2D eigenvalue weighted by Gasteiger charge is -2.16. The SMILES string of the molecule is O=C(Nc1ccc(S(=O)C(F)(F)F)cc1)N1CC(c2ccccc2)C(c2ccc(OC(F)F)cc2)=N1. The Morgan fingerprint density at radius 3 is 2.22 bits per heavy atom. The molecule has 3 aromatic carbocycles. The van der Waals surface area contributed by atoms with Gasteiger partial charge < -0.3 is 10.1 Å². The molecule has 2 amide bonds. The minimum Gasteiger partial charge on any atom is -0.435 e. The molecule has 188 valence electrons. The molecule has 1 aliphatic heterocycles. The molecular formula is C24H18F5N3O3S. The summed E-state index contributed by atoms with van der Waals surface area (Å²) in [6.07, 6.45) is 0. The average molecular weight is 523 g/mol. The van der Waals surface area contributed by atoms with Crippen molar-refractivity contribution < 1.29 is 35.7 Å². The maximum absolute atomic E-state index is 12.9. The van der Waals surface area contributed by atoms with E-state index in [1.54, 1.807) is 12.1 Å². The van der Waals surface area contributed by atoms with Crippen molar-refractivity contribution >= 4 is 28.2 Å². The summed E-state index contributed by atoms with van der Waals surface area (Å²) in [5.74, 6) is -0.344. The first kappa shape index (κ1) is 25.3. The molecule has 0 aliphatic carbocycles. The number of benzene rings is 3. The van der Waals surface area contributed by atoms with Gasteiger partial charge in [0.1, 0.15) is 5.75 Å². The van der Waals surface area contributed by atoms with Crippen LogP contribution in [0.15, 0.2) is 88.9 Å². The van der Waals surface area contributed by atoms with Crippen LogP contribution in [-0.4, -0.2) is 39.6 Å². The number of amides is 2. The van der Waals surface area contributed by atoms with Gasteiger partial charge in [-0.05, 0) is 59.7 Å². The second kappa shape index (κ2) is 10.4. The molecule has 0 saturated heterocycles. The van der Waals surface area contributed by atoms with Gasteiger partial charge in [0.15, 0.2) is 10.8 Å². The molecule has 1 N–H and O–H groups in total. The number of alkyl halides is 5. The topological polar surface area (TPSA) is 71.0 Å². The summed E-state index contributed by atoms with van der Waals surface area (Å²) in [5, 5.41) is 8.17. The van der Waals surface area contributed by atoms with Gasteiger partial charge in [-0.25, -0.2) is 14.0 Å². The molecule has 36 heavy (non-hydrogen) atoms. The largest absolute Gasteiger partial charge is 0.475 e. The Bertz CT molecular complexity index is 1270. The van der Waals surface area contributed by atoms with E-state index in [9.17, 15) is 31.0 Å². The van der Waals surface area contributed by atoms with Crippen LogP contribution in [0.5, 0.6) is 5.75 Å². The monoisotopic (exact) mass is 523 g/mol. The van der Waals surface area contributed by atoms with Gasteiger partial charge in [-0.1, -0.05) is 30.3 Å². The number of halogens is 5. The predicted octanol–water partition coefficient (Wildman–Crippen LogP) is 5.95. The van der Waals surface area contributed by atoms with Crippen molar-refractivity contribution in [3.63, 3.8) is 0 Å². The Balaban J connectivity index is 1.55. The van der Waals surface area contributed by atoms with Crippen LogP contribution in [0.1, 0.15) is 17.0 Å². The average Bonchev–Trinajstić information content (AvgIpc) is 3.30. The van der Waals surface area contributed by atoms with E-state index in [-0.39, 0.29) is 23.9 Å². The van der Waals surface area contributed by atoms with Crippen LogP contribution in [0.2, 0.25) is 0 Å². The summed E-state index contributed by atoms with van der Waals surface area (Å²) < 4.78 is 78.7. The second-order valence-electron chi connectivity index (χ2n) is 7.60. The Morgan fingerprint density at radius 2 is 1.64 bits per heavy atom. The number of anilines is 1. The number of carbonyl (C=O) groups excluding carboxylic acids is 1. The first-order valence-electron chi connectivity index (χ1n) is 10.5. The van der Waals surface area contributed by atoms with Gasteiger partial charge in [0, 0.05) is 16.5 Å². The van der Waals surface area contributed by atoms with Gasteiger partial charge >= 0.3 is 18.2 Å². The number of nitrogens with one attached hydrogen (secondary N) is 1. The number of urea groups is 1. The maximum atomic E-state index is 12.9. The van der Waals surface area contributed by atoms with E-state index < -0.39 is 33.8 Å². The van der Waals surface area contributed by atoms with Crippen molar-refractivity contribution in [2.75, 3.05) is 11.9 Å². The van der Waals surface area contributed by atoms with E-state index in [0.717, 1.165) is 17.7 Å². The van der Waals surface area contributed by atoms with Crippen LogP contribution >= 0.6 is 0 Å². The number of ether oxygens (including phenoxy) is 1. The predicted molar refractivity (Wildman–Crippen MR) is 123 cm³/mol. The van der Waals surface area contributed by atoms with Crippen molar-refractivity contribution in [2.24, 2.45) is 5.10 Å². The molecule has 3 aromatic rings. The van der Waals surface area contributed by atoms with Gasteiger partial charge in [-0.15, -0.1) is 0 Å². The van der Waals surface area contributed by atoms with Crippen LogP contribution in [0.4, 0.5) is 32.4 Å². The molecular weight excluding hydrogens is 505 g/mol. The molecule has 0 fully saturated rings. The zero-order valence-corrected chi connectivity index (χ0v) is 19.1.